The summed E-state index contributed by atoms with van der Waals surface area (Å²) < 4.78 is 5.23. The van der Waals surface area contributed by atoms with Crippen molar-refractivity contribution in [1.82, 2.24) is 4.98 Å². The van der Waals surface area contributed by atoms with Gasteiger partial charge in [-0.3, -0.25) is 9.59 Å². The fraction of sp³-hybridized carbons (Fsp3) is 0.143. The predicted octanol–water partition coefficient (Wildman–Crippen LogP) is 3.94. The molecule has 0 saturated carbocycles. The van der Waals surface area contributed by atoms with E-state index in [9.17, 15) is 14.7 Å². The Morgan fingerprint density at radius 3 is 2.54 bits per heavy atom. The molecule has 5 nitrogen and oxygen atoms in total. The lowest BCUT2D eigenvalue weighted by Gasteiger charge is -2.10. The van der Waals surface area contributed by atoms with Gasteiger partial charge in [-0.05, 0) is 36.8 Å². The number of aromatic nitrogens is 1. The van der Waals surface area contributed by atoms with Crippen LogP contribution in [0.15, 0.2) is 54.6 Å². The topological polar surface area (TPSA) is 79.4 Å². The van der Waals surface area contributed by atoms with E-state index in [4.69, 9.17) is 4.74 Å². The number of hydrogen-bond acceptors (Lipinski definition) is 3. The van der Waals surface area contributed by atoms with E-state index in [0.29, 0.717) is 22.4 Å². The summed E-state index contributed by atoms with van der Waals surface area (Å²) in [6.45, 7) is 1.77. The highest BCUT2D eigenvalue weighted by atomic mass is 16.5. The first-order chi connectivity index (χ1) is 12.5. The molecule has 0 radical (unpaired) electrons. The molecule has 0 bridgehead atoms. The Labute approximate surface area is 150 Å². The summed E-state index contributed by atoms with van der Waals surface area (Å²) >= 11 is 0. The van der Waals surface area contributed by atoms with Crippen LogP contribution in [0.5, 0.6) is 5.75 Å². The number of fused-ring (bicyclic) bond motifs is 1. The molecule has 0 fully saturated rings. The molecule has 132 valence electrons. The highest BCUT2D eigenvalue weighted by Crippen LogP contribution is 2.33. The summed E-state index contributed by atoms with van der Waals surface area (Å²) in [6.07, 6.45) is 2.95. The summed E-state index contributed by atoms with van der Waals surface area (Å²) in [4.78, 5) is 27.7. The molecule has 5 heteroatoms. The Morgan fingerprint density at radius 2 is 1.88 bits per heavy atom. The zero-order valence-electron chi connectivity index (χ0n) is 14.5. The normalized spacial score (nSPS) is 12.4. The Bertz CT molecular complexity index is 986. The van der Waals surface area contributed by atoms with Gasteiger partial charge in [-0.25, -0.2) is 0 Å². The molecule has 1 unspecified atom stereocenters. The van der Waals surface area contributed by atoms with E-state index < -0.39 is 17.7 Å². The Hall–Kier alpha value is -3.34. The molecule has 0 aliphatic carbocycles. The predicted molar refractivity (Wildman–Crippen MR) is 100 cm³/mol. The van der Waals surface area contributed by atoms with Gasteiger partial charge in [0.15, 0.2) is 5.78 Å². The summed E-state index contributed by atoms with van der Waals surface area (Å²) in [7, 11) is 1.54. The van der Waals surface area contributed by atoms with Crippen LogP contribution in [0.2, 0.25) is 0 Å². The minimum Gasteiger partial charge on any atom is -0.497 e. The van der Waals surface area contributed by atoms with Crippen LogP contribution in [0.1, 0.15) is 22.7 Å². The monoisotopic (exact) mass is 349 g/mol. The lowest BCUT2D eigenvalue weighted by atomic mass is 9.91. The first-order valence-electron chi connectivity index (χ1n) is 8.17. The van der Waals surface area contributed by atoms with Crippen LogP contribution in [0.4, 0.5) is 0 Å². The van der Waals surface area contributed by atoms with Crippen molar-refractivity contribution in [2.45, 2.75) is 12.8 Å². The SMILES string of the molecule is COc1ccc2[nH]c(C)c(C(C(=O)O)C(=O)C=Cc3ccccc3)c2c1. The highest BCUT2D eigenvalue weighted by Gasteiger charge is 2.31. The van der Waals surface area contributed by atoms with Crippen LogP contribution < -0.4 is 4.74 Å². The third-order valence-corrected chi connectivity index (χ3v) is 4.30. The number of carbonyl (C=O) groups is 2. The van der Waals surface area contributed by atoms with Gasteiger partial charge in [0.05, 0.1) is 7.11 Å². The van der Waals surface area contributed by atoms with Crippen LogP contribution in [-0.2, 0) is 9.59 Å². The summed E-state index contributed by atoms with van der Waals surface area (Å²) in [6, 6.07) is 14.6. The number of allylic oxidation sites excluding steroid dienone is 1. The van der Waals surface area contributed by atoms with Gasteiger partial charge in [-0.1, -0.05) is 36.4 Å². The molecule has 2 N–H and O–H groups in total. The number of methoxy groups -OCH3 is 1. The third kappa shape index (κ3) is 3.37. The second-order valence-electron chi connectivity index (χ2n) is 5.99. The standard InChI is InChI=1S/C21H19NO4/c1-13-19(16-12-15(26-2)9-10-17(16)22-13)20(21(24)25)18(23)11-8-14-6-4-3-5-7-14/h3-12,20,22H,1-2H3,(H,24,25). The number of aromatic amines is 1. The Kier molecular flexibility index (Phi) is 4.89. The molecule has 1 heterocycles. The molecule has 0 spiro atoms. The van der Waals surface area contributed by atoms with Gasteiger partial charge in [0.2, 0.25) is 0 Å². The van der Waals surface area contributed by atoms with Gasteiger partial charge in [0.1, 0.15) is 11.7 Å². The number of aliphatic carboxylic acids is 1. The van der Waals surface area contributed by atoms with E-state index in [2.05, 4.69) is 4.98 Å². The van der Waals surface area contributed by atoms with E-state index in [0.717, 1.165) is 11.1 Å². The third-order valence-electron chi connectivity index (χ3n) is 4.30. The van der Waals surface area contributed by atoms with Crippen LogP contribution in [0, 0.1) is 6.92 Å². The fourth-order valence-corrected chi connectivity index (χ4v) is 3.05. The van der Waals surface area contributed by atoms with E-state index in [1.807, 2.05) is 36.4 Å². The first kappa shape index (κ1) is 17.5. The zero-order chi connectivity index (χ0) is 18.7. The molecule has 1 atom stereocenters. The molecular weight excluding hydrogens is 330 g/mol. The summed E-state index contributed by atoms with van der Waals surface area (Å²) in [5.41, 5.74) is 2.72. The molecule has 0 amide bonds. The van der Waals surface area contributed by atoms with Crippen molar-refractivity contribution in [1.29, 1.82) is 0 Å². The minimum atomic E-state index is -1.28. The van der Waals surface area contributed by atoms with Gasteiger partial charge in [-0.15, -0.1) is 0 Å². The van der Waals surface area contributed by atoms with Gasteiger partial charge in [-0.2, -0.15) is 0 Å². The zero-order valence-corrected chi connectivity index (χ0v) is 14.5. The number of ether oxygens (including phenoxy) is 1. The number of hydrogen-bond donors (Lipinski definition) is 2. The van der Waals surface area contributed by atoms with Crippen molar-refractivity contribution in [3.63, 3.8) is 0 Å². The van der Waals surface area contributed by atoms with Gasteiger partial charge < -0.3 is 14.8 Å². The largest absolute Gasteiger partial charge is 0.497 e. The number of aryl methyl sites for hydroxylation is 1. The smallest absolute Gasteiger partial charge is 0.319 e. The van der Waals surface area contributed by atoms with E-state index in [1.54, 1.807) is 32.2 Å². The maximum absolute atomic E-state index is 12.7. The molecule has 0 aliphatic heterocycles. The first-order valence-corrected chi connectivity index (χ1v) is 8.17. The van der Waals surface area contributed by atoms with E-state index in [1.165, 1.54) is 6.08 Å². The quantitative estimate of drug-likeness (QED) is 0.522. The lowest BCUT2D eigenvalue weighted by Crippen LogP contribution is -2.20. The fourth-order valence-electron chi connectivity index (χ4n) is 3.05. The number of nitrogens with one attached hydrogen (secondary N) is 1. The summed E-state index contributed by atoms with van der Waals surface area (Å²) in [5.74, 6) is -2.34. The summed E-state index contributed by atoms with van der Waals surface area (Å²) in [5, 5.41) is 10.4. The number of H-pyrrole nitrogens is 1. The van der Waals surface area contributed by atoms with Gasteiger partial charge in [0, 0.05) is 22.2 Å². The van der Waals surface area contributed by atoms with Crippen LogP contribution in [0.25, 0.3) is 17.0 Å². The number of carboxylic acid groups (broad SMARTS) is 1. The van der Waals surface area contributed by atoms with E-state index >= 15 is 0 Å². The van der Waals surface area contributed by atoms with Crippen LogP contribution in [0.3, 0.4) is 0 Å². The lowest BCUT2D eigenvalue weighted by molar-refractivity contribution is -0.141. The second-order valence-corrected chi connectivity index (χ2v) is 5.99. The van der Waals surface area contributed by atoms with Crippen molar-refractivity contribution in [2.75, 3.05) is 7.11 Å². The van der Waals surface area contributed by atoms with Crippen molar-refractivity contribution >= 4 is 28.7 Å². The number of benzene rings is 2. The molecule has 0 saturated heterocycles. The van der Waals surface area contributed by atoms with Crippen molar-refractivity contribution < 1.29 is 19.4 Å². The highest BCUT2D eigenvalue weighted by molar-refractivity contribution is 6.13. The van der Waals surface area contributed by atoms with Gasteiger partial charge >= 0.3 is 5.97 Å². The Morgan fingerprint density at radius 1 is 1.15 bits per heavy atom. The number of carbonyl (C=O) groups excluding carboxylic acids is 1. The number of carboxylic acids is 1. The molecule has 26 heavy (non-hydrogen) atoms. The number of ketones is 1. The molecular formula is C21H19NO4. The minimum absolute atomic E-state index is 0.467. The van der Waals surface area contributed by atoms with E-state index in [-0.39, 0.29) is 0 Å². The maximum Gasteiger partial charge on any atom is 0.319 e. The Balaban J connectivity index is 2.04. The molecule has 2 aromatic carbocycles. The van der Waals surface area contributed by atoms with Crippen LogP contribution >= 0.6 is 0 Å². The maximum atomic E-state index is 12.7. The molecule has 1 aromatic heterocycles. The molecule has 3 aromatic rings. The molecule has 3 rings (SSSR count). The average molecular weight is 349 g/mol. The van der Waals surface area contributed by atoms with Crippen molar-refractivity contribution in [2.24, 2.45) is 0 Å². The second kappa shape index (κ2) is 7.27. The number of rotatable bonds is 6. The van der Waals surface area contributed by atoms with Crippen molar-refractivity contribution in [3.05, 3.63) is 71.4 Å². The molecule has 0 aliphatic rings. The van der Waals surface area contributed by atoms with Gasteiger partial charge in [0.25, 0.3) is 0 Å². The average Bonchev–Trinajstić information content (AvgIpc) is 2.96. The van der Waals surface area contributed by atoms with Crippen molar-refractivity contribution in [3.8, 4) is 5.75 Å². The van der Waals surface area contributed by atoms with Crippen LogP contribution in [-0.4, -0.2) is 29.0 Å².